The van der Waals surface area contributed by atoms with E-state index in [1.165, 1.54) is 5.56 Å². The second-order valence-corrected chi connectivity index (χ2v) is 6.40. The highest BCUT2D eigenvalue weighted by atomic mass is 16.2. The molecule has 0 bridgehead atoms. The predicted molar refractivity (Wildman–Crippen MR) is 101 cm³/mol. The molecule has 2 rings (SSSR count). The van der Waals surface area contributed by atoms with E-state index in [1.54, 1.807) is 4.90 Å². The highest BCUT2D eigenvalue weighted by molar-refractivity contribution is 6.03. The van der Waals surface area contributed by atoms with E-state index in [9.17, 15) is 9.59 Å². The fourth-order valence-electron chi connectivity index (χ4n) is 2.59. The van der Waals surface area contributed by atoms with Gasteiger partial charge in [-0.25, -0.2) is 0 Å². The number of hydrogen-bond donors (Lipinski definition) is 1. The summed E-state index contributed by atoms with van der Waals surface area (Å²) in [6.45, 7) is 7.26. The Kier molecular flexibility index (Phi) is 6.75. The maximum Gasteiger partial charge on any atom is 0.233 e. The van der Waals surface area contributed by atoms with Gasteiger partial charge in [0.25, 0.3) is 0 Å². The quantitative estimate of drug-likeness (QED) is 0.770. The largest absolute Gasteiger partial charge is 0.338 e. The molecule has 0 saturated heterocycles. The molecule has 4 nitrogen and oxygen atoms in total. The summed E-state index contributed by atoms with van der Waals surface area (Å²) in [6.07, 6.45) is -0.146. The van der Waals surface area contributed by atoms with Crippen LogP contribution in [0, 0.1) is 0 Å². The standard InChI is InChI=1S/C21H26N2O2/c1-4-23(15-17-8-6-5-7-9-17)21(25)14-20(24)22-19-12-10-18(11-13-19)16(2)3/h5-13,16H,4,14-15H2,1-3H3,(H,22,24). The van der Waals surface area contributed by atoms with Crippen LogP contribution in [0.3, 0.4) is 0 Å². The molecule has 0 aliphatic heterocycles. The summed E-state index contributed by atoms with van der Waals surface area (Å²) in [5.41, 5.74) is 2.99. The lowest BCUT2D eigenvalue weighted by Gasteiger charge is -2.21. The van der Waals surface area contributed by atoms with Gasteiger partial charge < -0.3 is 10.2 Å². The highest BCUT2D eigenvalue weighted by Crippen LogP contribution is 2.17. The Morgan fingerprint density at radius 1 is 1.00 bits per heavy atom. The predicted octanol–water partition coefficient (Wildman–Crippen LogP) is 4.19. The van der Waals surface area contributed by atoms with Gasteiger partial charge >= 0.3 is 0 Å². The molecular formula is C21H26N2O2. The van der Waals surface area contributed by atoms with Crippen molar-refractivity contribution < 1.29 is 9.59 Å². The van der Waals surface area contributed by atoms with Gasteiger partial charge in [0.2, 0.25) is 11.8 Å². The summed E-state index contributed by atoms with van der Waals surface area (Å²) in [4.78, 5) is 26.2. The van der Waals surface area contributed by atoms with Gasteiger partial charge in [0.05, 0.1) is 0 Å². The van der Waals surface area contributed by atoms with Crippen LogP contribution in [-0.4, -0.2) is 23.3 Å². The number of benzene rings is 2. The topological polar surface area (TPSA) is 49.4 Å². The van der Waals surface area contributed by atoms with Crippen LogP contribution in [0.1, 0.15) is 44.2 Å². The number of nitrogens with one attached hydrogen (secondary N) is 1. The lowest BCUT2D eigenvalue weighted by Crippen LogP contribution is -2.33. The minimum atomic E-state index is -0.284. The van der Waals surface area contributed by atoms with Crippen molar-refractivity contribution in [2.75, 3.05) is 11.9 Å². The van der Waals surface area contributed by atoms with Crippen molar-refractivity contribution in [1.29, 1.82) is 0 Å². The molecule has 0 aliphatic rings. The average molecular weight is 338 g/mol. The molecule has 0 aliphatic carbocycles. The fraction of sp³-hybridized carbons (Fsp3) is 0.333. The summed E-state index contributed by atoms with van der Waals surface area (Å²) in [5.74, 6) is -0.00103. The number of nitrogens with zero attached hydrogens (tertiary/aromatic N) is 1. The Morgan fingerprint density at radius 3 is 2.20 bits per heavy atom. The van der Waals surface area contributed by atoms with E-state index in [2.05, 4.69) is 19.2 Å². The maximum absolute atomic E-state index is 12.4. The van der Waals surface area contributed by atoms with Crippen molar-refractivity contribution in [2.24, 2.45) is 0 Å². The lowest BCUT2D eigenvalue weighted by atomic mass is 10.0. The lowest BCUT2D eigenvalue weighted by molar-refractivity contribution is -0.134. The normalized spacial score (nSPS) is 10.6. The van der Waals surface area contributed by atoms with Crippen molar-refractivity contribution in [3.63, 3.8) is 0 Å². The zero-order chi connectivity index (χ0) is 18.2. The second-order valence-electron chi connectivity index (χ2n) is 6.40. The van der Waals surface area contributed by atoms with E-state index in [1.807, 2.05) is 61.5 Å². The van der Waals surface area contributed by atoms with Gasteiger partial charge in [0.1, 0.15) is 6.42 Å². The van der Waals surface area contributed by atoms with Crippen molar-refractivity contribution in [1.82, 2.24) is 4.90 Å². The van der Waals surface area contributed by atoms with Crippen LogP contribution in [0.2, 0.25) is 0 Å². The highest BCUT2D eigenvalue weighted by Gasteiger charge is 2.16. The van der Waals surface area contributed by atoms with Crippen molar-refractivity contribution in [3.8, 4) is 0 Å². The van der Waals surface area contributed by atoms with E-state index in [0.29, 0.717) is 24.7 Å². The molecule has 4 heteroatoms. The van der Waals surface area contributed by atoms with Crippen LogP contribution in [0.25, 0.3) is 0 Å². The molecule has 0 saturated carbocycles. The van der Waals surface area contributed by atoms with Crippen LogP contribution < -0.4 is 5.32 Å². The Balaban J connectivity index is 1.90. The van der Waals surface area contributed by atoms with E-state index >= 15 is 0 Å². The molecule has 25 heavy (non-hydrogen) atoms. The number of rotatable bonds is 7. The Morgan fingerprint density at radius 2 is 1.64 bits per heavy atom. The van der Waals surface area contributed by atoms with Crippen LogP contribution in [0.5, 0.6) is 0 Å². The summed E-state index contributed by atoms with van der Waals surface area (Å²) < 4.78 is 0. The SMILES string of the molecule is CCN(Cc1ccccc1)C(=O)CC(=O)Nc1ccc(C(C)C)cc1. The molecule has 0 heterocycles. The molecular weight excluding hydrogens is 312 g/mol. The Hall–Kier alpha value is -2.62. The molecule has 0 radical (unpaired) electrons. The summed E-state index contributed by atoms with van der Waals surface area (Å²) >= 11 is 0. The third-order valence-corrected chi connectivity index (χ3v) is 4.12. The third kappa shape index (κ3) is 5.75. The monoisotopic (exact) mass is 338 g/mol. The van der Waals surface area contributed by atoms with E-state index < -0.39 is 0 Å². The summed E-state index contributed by atoms with van der Waals surface area (Å²) in [7, 11) is 0. The number of hydrogen-bond acceptors (Lipinski definition) is 2. The zero-order valence-electron chi connectivity index (χ0n) is 15.2. The smallest absolute Gasteiger partial charge is 0.233 e. The van der Waals surface area contributed by atoms with Gasteiger partial charge in [-0.05, 0) is 36.1 Å². The van der Waals surface area contributed by atoms with Gasteiger partial charge in [0, 0.05) is 18.8 Å². The fourth-order valence-corrected chi connectivity index (χ4v) is 2.59. The number of carbonyl (C=O) groups excluding carboxylic acids is 2. The number of amides is 2. The molecule has 0 spiro atoms. The Bertz CT molecular complexity index is 694. The summed E-state index contributed by atoms with van der Waals surface area (Å²) in [6, 6.07) is 17.5. The van der Waals surface area contributed by atoms with Gasteiger partial charge in [-0.1, -0.05) is 56.3 Å². The second kappa shape index (κ2) is 9.02. The minimum absolute atomic E-state index is 0.146. The van der Waals surface area contributed by atoms with Gasteiger partial charge in [-0.3, -0.25) is 9.59 Å². The minimum Gasteiger partial charge on any atom is -0.338 e. The van der Waals surface area contributed by atoms with Gasteiger partial charge in [-0.15, -0.1) is 0 Å². The van der Waals surface area contributed by atoms with Crippen LogP contribution >= 0.6 is 0 Å². The molecule has 2 amide bonds. The van der Waals surface area contributed by atoms with E-state index in [-0.39, 0.29) is 18.2 Å². The molecule has 2 aromatic rings. The van der Waals surface area contributed by atoms with Crippen LogP contribution in [0.4, 0.5) is 5.69 Å². The third-order valence-electron chi connectivity index (χ3n) is 4.12. The molecule has 0 unspecified atom stereocenters. The van der Waals surface area contributed by atoms with Crippen LogP contribution in [0.15, 0.2) is 54.6 Å². The average Bonchev–Trinajstić information content (AvgIpc) is 2.60. The van der Waals surface area contributed by atoms with Gasteiger partial charge in [0.15, 0.2) is 0 Å². The van der Waals surface area contributed by atoms with Crippen molar-refractivity contribution in [2.45, 2.75) is 39.7 Å². The van der Waals surface area contributed by atoms with Crippen molar-refractivity contribution >= 4 is 17.5 Å². The molecule has 2 aromatic carbocycles. The number of anilines is 1. The van der Waals surface area contributed by atoms with Crippen molar-refractivity contribution in [3.05, 3.63) is 65.7 Å². The molecule has 1 N–H and O–H groups in total. The Labute approximate surface area is 149 Å². The van der Waals surface area contributed by atoms with Crippen LogP contribution in [-0.2, 0) is 16.1 Å². The van der Waals surface area contributed by atoms with E-state index in [4.69, 9.17) is 0 Å². The summed E-state index contributed by atoms with van der Waals surface area (Å²) in [5, 5.41) is 2.80. The number of carbonyl (C=O) groups is 2. The first-order valence-electron chi connectivity index (χ1n) is 8.71. The van der Waals surface area contributed by atoms with Gasteiger partial charge in [-0.2, -0.15) is 0 Å². The first-order valence-corrected chi connectivity index (χ1v) is 8.71. The molecule has 0 fully saturated rings. The molecule has 0 aromatic heterocycles. The maximum atomic E-state index is 12.4. The first kappa shape index (κ1) is 18.7. The zero-order valence-corrected chi connectivity index (χ0v) is 15.2. The van der Waals surface area contributed by atoms with E-state index in [0.717, 1.165) is 5.56 Å². The molecule has 0 atom stereocenters. The first-order chi connectivity index (χ1) is 12.0. The molecule has 132 valence electrons.